The molecule has 3 saturated heterocycles. The predicted molar refractivity (Wildman–Crippen MR) is 423 cm³/mol. The van der Waals surface area contributed by atoms with Crippen molar-refractivity contribution in [3.63, 3.8) is 0 Å². The Labute approximate surface area is 674 Å². The van der Waals surface area contributed by atoms with Crippen LogP contribution in [0.1, 0.15) is 210 Å². The van der Waals surface area contributed by atoms with Crippen LogP contribution in [0.3, 0.4) is 0 Å². The summed E-state index contributed by atoms with van der Waals surface area (Å²) in [6.45, 7) is 18.8. The first-order chi connectivity index (χ1) is 54.0. The molecule has 636 valence electrons. The first-order valence-corrected chi connectivity index (χ1v) is 41.5. The van der Waals surface area contributed by atoms with Crippen LogP contribution in [0.15, 0.2) is 81.9 Å². The fourth-order valence-corrected chi connectivity index (χ4v) is 18.9. The first-order valence-electron chi connectivity index (χ1n) is 41.5. The number of cyclic esters (lactones) is 2. The van der Waals surface area contributed by atoms with Crippen molar-refractivity contribution >= 4 is 58.9 Å². The van der Waals surface area contributed by atoms with Crippen LogP contribution in [0.25, 0.3) is 0 Å². The van der Waals surface area contributed by atoms with Crippen molar-refractivity contribution in [1.82, 2.24) is 14.7 Å². The van der Waals surface area contributed by atoms with Crippen LogP contribution >= 0.6 is 0 Å². The van der Waals surface area contributed by atoms with Gasteiger partial charge in [-0.25, -0.2) is 9.59 Å². The first kappa shape index (κ1) is 92.5. The molecular formula is C88H131N3O23. The standard InChI is InChI=1S/C88H131N3O23/c1-51-28-21-20-22-29-52(2)66(106-15)46-60-35-33-57(7)88(104,114-60)82(100)83(101)91-41-26-25-30-63(91)85(103)111-67(47-64(93)53(3)43-56(6)78(97)81(108-17)77(96)55(5)42-51)54(4)44-59-34-37-65(68(45-59)107-16)110-72(94)31-23-18-19-24-32-73(95)112-70-38-36-62-74-76(69(109-58(8)92)48-86(62,70)9)87(10)71(50-105-14)113-84(102)61(75(87)80(99)79(74)98)49-90(13)40-27-39-89(11)12/h20-22,28-29,43,49,51,53-55,57,59-60,62-63,65-71,78,81,97,99,104H,18-19,23-27,30-42,44-48,50H2,1-17H3/b22-20?,28-21-,52-29?,56-43-,61-49+/t51-,53-,54-,55-,57-,59+,60+,62+,63+,65-,66+,67+,68-,69-,70+,71-,78-,81+,86+,87+,88-/m1/s1. The number of esters is 5. The lowest BCUT2D eigenvalue weighted by Gasteiger charge is -2.54. The lowest BCUT2D eigenvalue weighted by molar-refractivity contribution is -0.265. The number of rotatable bonds is 23. The molecule has 0 aromatic heterocycles. The summed E-state index contributed by atoms with van der Waals surface area (Å²) in [4.78, 5) is 147. The molecule has 1 amide bonds. The fraction of sp³-hybridized carbons (Fsp3) is 0.727. The molecule has 8 rings (SSSR count). The van der Waals surface area contributed by atoms with Crippen LogP contribution in [0.5, 0.6) is 0 Å². The van der Waals surface area contributed by atoms with E-state index in [1.54, 1.807) is 68.2 Å². The molecule has 114 heavy (non-hydrogen) atoms. The monoisotopic (exact) mass is 1600 g/mol. The maximum absolute atomic E-state index is 14.9. The molecule has 2 saturated carbocycles. The predicted octanol–water partition coefficient (Wildman–Crippen LogP) is 10.8. The molecule has 8 aliphatic rings. The molecule has 0 aromatic rings. The van der Waals surface area contributed by atoms with Crippen molar-refractivity contribution in [3.05, 3.63) is 81.9 Å². The summed E-state index contributed by atoms with van der Waals surface area (Å²) in [5, 5.41) is 36.0. The molecule has 5 fully saturated rings. The molecule has 4 aliphatic heterocycles. The molecule has 2 bridgehead atoms. The Morgan fingerprint density at radius 3 is 2.11 bits per heavy atom. The number of ketones is 4. The zero-order valence-electron chi connectivity index (χ0n) is 70.7. The SMILES string of the molecule is COC[C@H]1OC(=O)/C(=C/N(C)CCCN(C)C)C2=C(O)C(=O)C3=C([C@H](OC(C)=O)C[C@]4(C)[C@@H](OC(=O)CCCCCCC(=O)O[C@@H]5CC[C@@H](C[C@@H](C)[C@@H]6CC(=O)[C@H](C)/C=C(/C)[C@@H](O)[C@@H](OC)C(=O)[C@H](C)C[C@H](C)/C=C\C=CC=C(C)[C@@H](OC)C[C@@H]7CC[C@@H](C)[C@@](O)(O7)C(=O)C(=O)N7CCCC[C@H]7C(=O)O6)C[C@H]5OC)CC[C@@H]34)[C@]21C. The second-order valence-electron chi connectivity index (χ2n) is 34.5. The number of nitrogens with zero attached hydrogens (tertiary/aromatic N) is 3. The largest absolute Gasteiger partial charge is 0.504 e. The molecule has 0 radical (unpaired) electrons. The average molecular weight is 1600 g/mol. The number of piperidine rings is 1. The third-order valence-corrected chi connectivity index (χ3v) is 25.6. The number of aliphatic hydroxyl groups excluding tert-OH is 2. The number of Topliss-reactive ketones (excluding diaryl/α,β-unsaturated/α-hetero) is 4. The van der Waals surface area contributed by atoms with E-state index < -0.39 is 166 Å². The highest BCUT2D eigenvalue weighted by atomic mass is 16.6. The second kappa shape index (κ2) is 41.4. The van der Waals surface area contributed by atoms with Crippen molar-refractivity contribution in [2.24, 2.45) is 52.3 Å². The van der Waals surface area contributed by atoms with E-state index in [2.05, 4.69) is 0 Å². The van der Waals surface area contributed by atoms with Crippen LogP contribution in [0, 0.1) is 52.3 Å². The van der Waals surface area contributed by atoms with E-state index in [9.17, 15) is 63.3 Å². The molecule has 26 heteroatoms. The van der Waals surface area contributed by atoms with E-state index >= 15 is 0 Å². The van der Waals surface area contributed by atoms with E-state index in [1.165, 1.54) is 26.0 Å². The summed E-state index contributed by atoms with van der Waals surface area (Å²) in [5.41, 5.74) is -0.268. The molecule has 0 spiro atoms. The van der Waals surface area contributed by atoms with Crippen LogP contribution < -0.4 is 0 Å². The normalized spacial score (nSPS) is 35.4. The summed E-state index contributed by atoms with van der Waals surface area (Å²) in [5.74, 6) is -12.8. The van der Waals surface area contributed by atoms with Gasteiger partial charge in [0.05, 0.1) is 35.9 Å². The van der Waals surface area contributed by atoms with Gasteiger partial charge in [0, 0.05) is 122 Å². The summed E-state index contributed by atoms with van der Waals surface area (Å²) in [7, 11) is 11.7. The smallest absolute Gasteiger partial charge is 0.340 e. The van der Waals surface area contributed by atoms with Crippen LogP contribution in [0.4, 0.5) is 0 Å². The number of aliphatic hydroxyl groups is 3. The molecule has 0 aromatic carbocycles. The minimum absolute atomic E-state index is 0.0196. The van der Waals surface area contributed by atoms with Crippen molar-refractivity contribution in [3.8, 4) is 0 Å². The minimum Gasteiger partial charge on any atom is -0.504 e. The number of carbonyl (C=O) groups is 10. The third-order valence-electron chi connectivity index (χ3n) is 25.6. The van der Waals surface area contributed by atoms with Crippen molar-refractivity contribution in [2.75, 3.05) is 75.8 Å². The number of allylic oxidation sites excluding steroid dienone is 7. The zero-order chi connectivity index (χ0) is 83.8. The van der Waals surface area contributed by atoms with Crippen LogP contribution in [0.2, 0.25) is 0 Å². The van der Waals surface area contributed by atoms with E-state index in [-0.39, 0.29) is 91.8 Å². The molecule has 3 N–H and O–H groups in total. The van der Waals surface area contributed by atoms with Gasteiger partial charge in [0.1, 0.15) is 54.6 Å². The second-order valence-corrected chi connectivity index (χ2v) is 34.5. The van der Waals surface area contributed by atoms with Gasteiger partial charge in [0.2, 0.25) is 11.6 Å². The lowest BCUT2D eigenvalue weighted by atomic mass is 9.53. The highest BCUT2D eigenvalue weighted by molar-refractivity contribution is 6.39. The third kappa shape index (κ3) is 22.0. The summed E-state index contributed by atoms with van der Waals surface area (Å²) in [6.07, 6.45) is 12.7. The Hall–Kier alpha value is -7.04. The fourth-order valence-electron chi connectivity index (χ4n) is 18.9. The molecule has 21 atom stereocenters. The molecule has 26 nitrogen and oxygen atoms in total. The highest BCUT2D eigenvalue weighted by Gasteiger charge is 2.66. The number of hydrogen-bond donors (Lipinski definition) is 3. The quantitative estimate of drug-likeness (QED) is 0.0214. The Bertz CT molecular complexity index is 3680. The number of carbonyl (C=O) groups excluding carboxylic acids is 10. The Balaban J connectivity index is 0.888. The topological polar surface area (TPSA) is 333 Å². The average Bonchev–Trinajstić information content (AvgIpc) is 1.16. The van der Waals surface area contributed by atoms with E-state index in [1.807, 2.05) is 82.0 Å². The van der Waals surface area contributed by atoms with Gasteiger partial charge in [-0.1, -0.05) is 90.8 Å². The zero-order valence-corrected chi connectivity index (χ0v) is 70.7. The summed E-state index contributed by atoms with van der Waals surface area (Å²) >= 11 is 0. The summed E-state index contributed by atoms with van der Waals surface area (Å²) in [6, 6.07) is -1.23. The van der Waals surface area contributed by atoms with Crippen molar-refractivity contribution in [1.29, 1.82) is 0 Å². The molecule has 4 heterocycles. The van der Waals surface area contributed by atoms with Crippen molar-refractivity contribution in [2.45, 2.75) is 283 Å². The van der Waals surface area contributed by atoms with Gasteiger partial charge in [-0.15, -0.1) is 0 Å². The van der Waals surface area contributed by atoms with Crippen molar-refractivity contribution < 1.29 is 111 Å². The number of amides is 1. The maximum atomic E-state index is 14.9. The van der Waals surface area contributed by atoms with Gasteiger partial charge in [0.15, 0.2) is 11.5 Å². The van der Waals surface area contributed by atoms with E-state index in [0.29, 0.717) is 114 Å². The number of methoxy groups -OCH3 is 4. The maximum Gasteiger partial charge on any atom is 0.340 e. The van der Waals surface area contributed by atoms with Gasteiger partial charge in [-0.2, -0.15) is 0 Å². The Kier molecular flexibility index (Phi) is 33.6. The van der Waals surface area contributed by atoms with Gasteiger partial charge < -0.3 is 77.4 Å². The van der Waals surface area contributed by atoms with Crippen LogP contribution in [-0.4, -0.2) is 238 Å². The number of unbranched alkanes of at least 4 members (excludes halogenated alkanes) is 3. The molecule has 4 aliphatic carbocycles. The van der Waals surface area contributed by atoms with Gasteiger partial charge in [0.25, 0.3) is 11.7 Å². The molecular weight excluding hydrogens is 1470 g/mol. The number of fused-ring (bicyclic) bond motifs is 7. The number of hydrogen-bond acceptors (Lipinski definition) is 25. The van der Waals surface area contributed by atoms with Gasteiger partial charge >= 0.3 is 29.8 Å². The Morgan fingerprint density at radius 2 is 1.46 bits per heavy atom. The van der Waals surface area contributed by atoms with Gasteiger partial charge in [-0.05, 0) is 185 Å². The number of ether oxygens (including phenoxy) is 10. The lowest BCUT2D eigenvalue weighted by Crippen LogP contribution is -2.61. The molecule has 0 unspecified atom stereocenters. The minimum atomic E-state index is -2.50. The highest BCUT2D eigenvalue weighted by Crippen LogP contribution is 2.64. The van der Waals surface area contributed by atoms with E-state index in [0.717, 1.165) is 18.5 Å². The Morgan fingerprint density at radius 1 is 0.754 bits per heavy atom. The summed E-state index contributed by atoms with van der Waals surface area (Å²) < 4.78 is 60.4. The van der Waals surface area contributed by atoms with E-state index in [4.69, 9.17) is 47.4 Å². The van der Waals surface area contributed by atoms with Crippen LogP contribution in [-0.2, 0) is 95.3 Å². The van der Waals surface area contributed by atoms with Gasteiger partial charge in [-0.3, -0.25) is 38.4 Å².